The van der Waals surface area contributed by atoms with Crippen molar-refractivity contribution in [2.75, 3.05) is 0 Å². The van der Waals surface area contributed by atoms with Gasteiger partial charge in [0.15, 0.2) is 11.5 Å². The third kappa shape index (κ3) is 3.72. The molecular weight excluding hydrogens is 526 g/mol. The zero-order valence-corrected chi connectivity index (χ0v) is 23.0. The molecule has 0 unspecified atom stereocenters. The van der Waals surface area contributed by atoms with Gasteiger partial charge in [0.25, 0.3) is 0 Å². The van der Waals surface area contributed by atoms with Crippen molar-refractivity contribution < 1.29 is 0 Å². The summed E-state index contributed by atoms with van der Waals surface area (Å²) in [6.07, 6.45) is 2.02. The number of aromatic nitrogens is 5. The average Bonchev–Trinajstić information content (AvgIpc) is 3.46. The molecule has 0 radical (unpaired) electrons. The van der Waals surface area contributed by atoms with E-state index < -0.39 is 0 Å². The largest absolute Gasteiger partial charge is 0.284 e. The van der Waals surface area contributed by atoms with Crippen LogP contribution in [-0.2, 0) is 0 Å². The Morgan fingerprint density at radius 3 is 2.02 bits per heavy atom. The lowest BCUT2D eigenvalue weighted by molar-refractivity contribution is 1.19. The Labute approximate surface area is 246 Å². The van der Waals surface area contributed by atoms with E-state index in [0.29, 0.717) is 5.82 Å². The molecule has 4 heterocycles. The molecule has 4 aromatic heterocycles. The van der Waals surface area contributed by atoms with Crippen LogP contribution in [0.15, 0.2) is 140 Å². The summed E-state index contributed by atoms with van der Waals surface area (Å²) in [5, 5.41) is 5.57. The van der Waals surface area contributed by atoms with Crippen LogP contribution in [0.3, 0.4) is 0 Å². The van der Waals surface area contributed by atoms with Crippen LogP contribution in [0.25, 0.3) is 83.2 Å². The van der Waals surface area contributed by atoms with Crippen LogP contribution in [0.1, 0.15) is 0 Å². The zero-order valence-electron chi connectivity index (χ0n) is 23.0. The molecule has 0 amide bonds. The van der Waals surface area contributed by atoms with E-state index in [1.807, 2.05) is 36.5 Å². The zero-order chi connectivity index (χ0) is 28.3. The Morgan fingerprint density at radius 2 is 1.14 bits per heavy atom. The summed E-state index contributed by atoms with van der Waals surface area (Å²) in [6.45, 7) is 0. The molecule has 5 aromatic carbocycles. The van der Waals surface area contributed by atoms with E-state index in [0.717, 1.165) is 66.6 Å². The predicted octanol–water partition coefficient (Wildman–Crippen LogP) is 9.13. The van der Waals surface area contributed by atoms with E-state index in [1.165, 1.54) is 10.8 Å². The monoisotopic (exact) mass is 549 g/mol. The molecule has 0 atom stereocenters. The summed E-state index contributed by atoms with van der Waals surface area (Å²) in [5.41, 5.74) is 8.52. The molecule has 9 aromatic rings. The van der Waals surface area contributed by atoms with E-state index in [9.17, 15) is 0 Å². The molecule has 0 aliphatic carbocycles. The Balaban J connectivity index is 1.21. The van der Waals surface area contributed by atoms with Gasteiger partial charge in [0, 0.05) is 39.0 Å². The van der Waals surface area contributed by atoms with Gasteiger partial charge in [-0.25, -0.2) is 19.9 Å². The molecule has 0 N–H and O–H groups in total. The van der Waals surface area contributed by atoms with Crippen molar-refractivity contribution in [2.24, 2.45) is 0 Å². The Bertz CT molecular complexity index is 2510. The maximum atomic E-state index is 5.17. The van der Waals surface area contributed by atoms with E-state index in [1.54, 1.807) is 0 Å². The predicted molar refractivity (Wildman–Crippen MR) is 175 cm³/mol. The summed E-state index contributed by atoms with van der Waals surface area (Å²) in [4.78, 5) is 20.2. The van der Waals surface area contributed by atoms with Gasteiger partial charge in [-0.3, -0.25) is 4.40 Å². The van der Waals surface area contributed by atoms with Crippen LogP contribution in [0, 0.1) is 0 Å². The number of hydrogen-bond donors (Lipinski definition) is 0. The smallest absolute Gasteiger partial charge is 0.165 e. The van der Waals surface area contributed by atoms with Crippen LogP contribution in [0.2, 0.25) is 0 Å². The van der Waals surface area contributed by atoms with Crippen LogP contribution >= 0.6 is 0 Å². The van der Waals surface area contributed by atoms with Crippen molar-refractivity contribution in [3.63, 3.8) is 0 Å². The first-order valence-corrected chi connectivity index (χ1v) is 14.3. The van der Waals surface area contributed by atoms with Gasteiger partial charge in [-0.1, -0.05) is 115 Å². The van der Waals surface area contributed by atoms with Crippen molar-refractivity contribution in [1.29, 1.82) is 0 Å². The molecule has 0 bridgehead atoms. The Hall–Kier alpha value is -5.94. The van der Waals surface area contributed by atoms with Crippen LogP contribution in [-0.4, -0.2) is 24.3 Å². The summed E-state index contributed by atoms with van der Waals surface area (Å²) in [6, 6.07) is 45.9. The number of hydrogen-bond acceptors (Lipinski definition) is 4. The molecule has 0 saturated heterocycles. The van der Waals surface area contributed by atoms with Crippen LogP contribution in [0.4, 0.5) is 0 Å². The van der Waals surface area contributed by atoms with Gasteiger partial charge in [-0.05, 0) is 29.0 Å². The quantitative estimate of drug-likeness (QED) is 0.220. The van der Waals surface area contributed by atoms with Crippen molar-refractivity contribution in [3.8, 4) is 33.9 Å². The highest BCUT2D eigenvalue weighted by atomic mass is 15.1. The normalized spacial score (nSPS) is 11.7. The molecule has 0 spiro atoms. The van der Waals surface area contributed by atoms with Crippen molar-refractivity contribution in [3.05, 3.63) is 140 Å². The number of fused-ring (bicyclic) bond motifs is 7. The fraction of sp³-hybridized carbons (Fsp3) is 0. The Morgan fingerprint density at radius 1 is 0.442 bits per heavy atom. The number of rotatable bonds is 3. The van der Waals surface area contributed by atoms with Gasteiger partial charge in [-0.2, -0.15) is 0 Å². The molecule has 5 nitrogen and oxygen atoms in total. The molecule has 0 aliphatic heterocycles. The second-order valence-electron chi connectivity index (χ2n) is 10.7. The maximum Gasteiger partial charge on any atom is 0.165 e. The van der Waals surface area contributed by atoms with Crippen LogP contribution < -0.4 is 0 Å². The van der Waals surface area contributed by atoms with Gasteiger partial charge < -0.3 is 0 Å². The second kappa shape index (κ2) is 9.29. The highest BCUT2D eigenvalue weighted by Gasteiger charge is 2.16. The van der Waals surface area contributed by atoms with Gasteiger partial charge in [0.2, 0.25) is 0 Å². The maximum absolute atomic E-state index is 5.17. The van der Waals surface area contributed by atoms with Gasteiger partial charge in [0.05, 0.1) is 16.9 Å². The molecule has 9 rings (SSSR count). The number of imidazole rings is 1. The first kappa shape index (κ1) is 23.7. The standard InChI is InChI=1S/C38H23N5/c1-2-12-27-24(10-1)11-9-16-28(27)35-31-15-5-6-17-32(31)39-37(41-35)26-21-19-25(20-22-26)34-29-13-3-4-14-30(29)36-38(42-34)43-23-8-7-18-33(43)40-36/h1-23H. The third-order valence-corrected chi connectivity index (χ3v) is 8.22. The average molecular weight is 550 g/mol. The van der Waals surface area contributed by atoms with E-state index in [2.05, 4.69) is 108 Å². The topological polar surface area (TPSA) is 56.0 Å². The lowest BCUT2D eigenvalue weighted by Gasteiger charge is -2.12. The molecular formula is C38H23N5. The van der Waals surface area contributed by atoms with Crippen molar-refractivity contribution in [1.82, 2.24) is 24.3 Å². The SMILES string of the molecule is c1ccc2c(-c3nc(-c4ccc(-c5nc6c(nc7ccccn76)c6ccccc56)cc4)nc4ccccc34)cccc2c1. The molecule has 0 fully saturated rings. The van der Waals surface area contributed by atoms with Crippen molar-refractivity contribution >= 4 is 49.3 Å². The minimum absolute atomic E-state index is 0.697. The van der Waals surface area contributed by atoms with E-state index in [4.69, 9.17) is 19.9 Å². The first-order chi connectivity index (χ1) is 21.3. The van der Waals surface area contributed by atoms with Gasteiger partial charge >= 0.3 is 0 Å². The van der Waals surface area contributed by atoms with E-state index in [-0.39, 0.29) is 0 Å². The van der Waals surface area contributed by atoms with Crippen LogP contribution in [0.5, 0.6) is 0 Å². The summed E-state index contributed by atoms with van der Waals surface area (Å²) in [7, 11) is 0. The molecule has 0 aliphatic rings. The molecule has 0 saturated carbocycles. The highest BCUT2D eigenvalue weighted by Crippen LogP contribution is 2.36. The van der Waals surface area contributed by atoms with Crippen molar-refractivity contribution in [2.45, 2.75) is 0 Å². The summed E-state index contributed by atoms with van der Waals surface area (Å²) < 4.78 is 2.05. The van der Waals surface area contributed by atoms with Gasteiger partial charge in [-0.15, -0.1) is 0 Å². The molecule has 43 heavy (non-hydrogen) atoms. The highest BCUT2D eigenvalue weighted by molar-refractivity contribution is 6.09. The number of benzene rings is 5. The lowest BCUT2D eigenvalue weighted by atomic mass is 9.99. The Kier molecular flexibility index (Phi) is 5.13. The number of pyridine rings is 2. The lowest BCUT2D eigenvalue weighted by Crippen LogP contribution is -1.96. The summed E-state index contributed by atoms with van der Waals surface area (Å²) in [5.74, 6) is 0.697. The van der Waals surface area contributed by atoms with Gasteiger partial charge in [0.1, 0.15) is 11.2 Å². The second-order valence-corrected chi connectivity index (χ2v) is 10.7. The fourth-order valence-electron chi connectivity index (χ4n) is 6.17. The minimum atomic E-state index is 0.697. The minimum Gasteiger partial charge on any atom is -0.284 e. The molecule has 5 heteroatoms. The third-order valence-electron chi connectivity index (χ3n) is 8.22. The first-order valence-electron chi connectivity index (χ1n) is 14.3. The summed E-state index contributed by atoms with van der Waals surface area (Å²) >= 11 is 0. The van der Waals surface area contributed by atoms with E-state index >= 15 is 0 Å². The number of nitrogens with zero attached hydrogens (tertiary/aromatic N) is 5. The fourth-order valence-corrected chi connectivity index (χ4v) is 6.17. The molecule has 200 valence electrons. The number of para-hydroxylation sites is 1.